The van der Waals surface area contributed by atoms with Gasteiger partial charge < -0.3 is 10.2 Å². The number of amides is 2. The molecule has 3 rings (SSSR count). The van der Waals surface area contributed by atoms with E-state index in [1.807, 2.05) is 6.07 Å². The minimum Gasteiger partial charge on any atom is -0.352 e. The quantitative estimate of drug-likeness (QED) is 0.771. The molecular weight excluding hydrogens is 343 g/mol. The van der Waals surface area contributed by atoms with E-state index in [-0.39, 0.29) is 17.4 Å². The number of hydrogen-bond donors (Lipinski definition) is 1. The lowest BCUT2D eigenvalue weighted by Crippen LogP contribution is -2.36. The Morgan fingerprint density at radius 2 is 1.96 bits per heavy atom. The summed E-state index contributed by atoms with van der Waals surface area (Å²) < 4.78 is 14.0. The van der Waals surface area contributed by atoms with Crippen molar-refractivity contribution >= 4 is 17.5 Å². The van der Waals surface area contributed by atoms with E-state index in [0.29, 0.717) is 18.7 Å². The Morgan fingerprint density at radius 1 is 1.15 bits per heavy atom. The summed E-state index contributed by atoms with van der Waals surface area (Å²) in [6.45, 7) is 3.34. The molecule has 1 aliphatic heterocycles. The molecule has 0 atom stereocenters. The van der Waals surface area contributed by atoms with Crippen molar-refractivity contribution < 1.29 is 14.0 Å². The molecule has 0 unspecified atom stereocenters. The molecule has 4 nitrogen and oxygen atoms in total. The standard InChI is InChI=1S/C22H25FN2O2/c1-2-3-6-13-24-21(26)17-11-12-20-16(15-17)8-7-14-25(20)22(27)18-9-4-5-10-19(18)23/h4-5,9-12,15H,2-3,6-8,13-14H2,1H3,(H,24,26). The Labute approximate surface area is 159 Å². The van der Waals surface area contributed by atoms with Gasteiger partial charge in [-0.2, -0.15) is 0 Å². The van der Waals surface area contributed by atoms with Gasteiger partial charge >= 0.3 is 0 Å². The molecule has 0 radical (unpaired) electrons. The molecule has 1 heterocycles. The van der Waals surface area contributed by atoms with Crippen LogP contribution in [0.1, 0.15) is 58.9 Å². The van der Waals surface area contributed by atoms with Gasteiger partial charge in [0.25, 0.3) is 11.8 Å². The van der Waals surface area contributed by atoms with Gasteiger partial charge in [0.1, 0.15) is 5.82 Å². The van der Waals surface area contributed by atoms with Crippen molar-refractivity contribution in [3.05, 3.63) is 65.0 Å². The summed E-state index contributed by atoms with van der Waals surface area (Å²) in [7, 11) is 0. The lowest BCUT2D eigenvalue weighted by Gasteiger charge is -2.30. The number of unbranched alkanes of at least 4 members (excludes halogenated alkanes) is 2. The van der Waals surface area contributed by atoms with E-state index in [9.17, 15) is 14.0 Å². The van der Waals surface area contributed by atoms with Crippen molar-refractivity contribution in [1.29, 1.82) is 0 Å². The monoisotopic (exact) mass is 368 g/mol. The van der Waals surface area contributed by atoms with E-state index < -0.39 is 5.82 Å². The number of aryl methyl sites for hydroxylation is 1. The van der Waals surface area contributed by atoms with Gasteiger partial charge in [-0.1, -0.05) is 31.9 Å². The molecule has 0 aliphatic carbocycles. The fraction of sp³-hybridized carbons (Fsp3) is 0.364. The number of carbonyl (C=O) groups is 2. The number of anilines is 1. The van der Waals surface area contributed by atoms with Crippen LogP contribution in [0.15, 0.2) is 42.5 Å². The molecule has 0 spiro atoms. The number of rotatable bonds is 6. The largest absolute Gasteiger partial charge is 0.352 e. The van der Waals surface area contributed by atoms with Crippen LogP contribution in [0.4, 0.5) is 10.1 Å². The molecule has 0 fully saturated rings. The van der Waals surface area contributed by atoms with Crippen LogP contribution in [0.25, 0.3) is 0 Å². The first-order valence-corrected chi connectivity index (χ1v) is 9.59. The number of nitrogens with one attached hydrogen (secondary N) is 1. The van der Waals surface area contributed by atoms with E-state index in [4.69, 9.17) is 0 Å². The SMILES string of the molecule is CCCCCNC(=O)c1ccc2c(c1)CCCN2C(=O)c1ccccc1F. The molecule has 1 aliphatic rings. The lowest BCUT2D eigenvalue weighted by atomic mass is 9.98. The van der Waals surface area contributed by atoms with Crippen LogP contribution in [0, 0.1) is 5.82 Å². The maximum absolute atomic E-state index is 14.0. The first kappa shape index (κ1) is 19.1. The molecule has 1 N–H and O–H groups in total. The summed E-state index contributed by atoms with van der Waals surface area (Å²) in [5, 5.41) is 2.94. The summed E-state index contributed by atoms with van der Waals surface area (Å²) in [4.78, 5) is 26.8. The predicted octanol–water partition coefficient (Wildman–Crippen LogP) is 4.34. The highest BCUT2D eigenvalue weighted by atomic mass is 19.1. The second-order valence-corrected chi connectivity index (χ2v) is 6.85. The summed E-state index contributed by atoms with van der Waals surface area (Å²) in [5.41, 5.74) is 2.39. The van der Waals surface area contributed by atoms with E-state index in [0.717, 1.165) is 43.4 Å². The van der Waals surface area contributed by atoms with Crippen LogP contribution in [0.5, 0.6) is 0 Å². The van der Waals surface area contributed by atoms with Crippen LogP contribution < -0.4 is 10.2 Å². The molecule has 2 amide bonds. The fourth-order valence-electron chi connectivity index (χ4n) is 3.41. The van der Waals surface area contributed by atoms with Gasteiger partial charge in [-0.15, -0.1) is 0 Å². The van der Waals surface area contributed by atoms with Gasteiger partial charge in [0, 0.05) is 24.3 Å². The fourth-order valence-corrected chi connectivity index (χ4v) is 3.41. The lowest BCUT2D eigenvalue weighted by molar-refractivity contribution is 0.0951. The van der Waals surface area contributed by atoms with Gasteiger partial charge in [0.05, 0.1) is 5.56 Å². The van der Waals surface area contributed by atoms with Crippen LogP contribution in [0.2, 0.25) is 0 Å². The molecule has 2 aromatic carbocycles. The van der Waals surface area contributed by atoms with Crippen molar-refractivity contribution in [2.45, 2.75) is 39.0 Å². The minimum absolute atomic E-state index is 0.0723. The van der Waals surface area contributed by atoms with E-state index >= 15 is 0 Å². The van der Waals surface area contributed by atoms with Crippen LogP contribution in [-0.4, -0.2) is 24.9 Å². The molecule has 0 saturated carbocycles. The minimum atomic E-state index is -0.516. The Hall–Kier alpha value is -2.69. The first-order chi connectivity index (χ1) is 13.1. The zero-order valence-electron chi connectivity index (χ0n) is 15.6. The van der Waals surface area contributed by atoms with Crippen LogP contribution in [-0.2, 0) is 6.42 Å². The van der Waals surface area contributed by atoms with Crippen molar-refractivity contribution in [3.63, 3.8) is 0 Å². The topological polar surface area (TPSA) is 49.4 Å². The molecule has 0 bridgehead atoms. The third-order valence-corrected chi connectivity index (χ3v) is 4.88. The summed E-state index contributed by atoms with van der Waals surface area (Å²) in [6, 6.07) is 11.4. The van der Waals surface area contributed by atoms with Crippen molar-refractivity contribution in [1.82, 2.24) is 5.32 Å². The highest BCUT2D eigenvalue weighted by molar-refractivity contribution is 6.07. The summed E-state index contributed by atoms with van der Waals surface area (Å²) in [6.07, 6.45) is 4.76. The molecule has 2 aromatic rings. The Kier molecular flexibility index (Phi) is 6.22. The number of benzene rings is 2. The normalized spacial score (nSPS) is 13.2. The highest BCUT2D eigenvalue weighted by Crippen LogP contribution is 2.29. The average molecular weight is 368 g/mol. The van der Waals surface area contributed by atoms with Crippen LogP contribution in [0.3, 0.4) is 0 Å². The molecule has 0 aromatic heterocycles. The zero-order chi connectivity index (χ0) is 19.2. The van der Waals surface area contributed by atoms with Crippen molar-refractivity contribution in [3.8, 4) is 0 Å². The summed E-state index contributed by atoms with van der Waals surface area (Å²) >= 11 is 0. The average Bonchev–Trinajstić information content (AvgIpc) is 2.70. The van der Waals surface area contributed by atoms with E-state index in [2.05, 4.69) is 12.2 Å². The summed E-state index contributed by atoms with van der Waals surface area (Å²) in [5.74, 6) is -0.949. The van der Waals surface area contributed by atoms with Gasteiger partial charge in [0.15, 0.2) is 0 Å². The number of halogens is 1. The van der Waals surface area contributed by atoms with Gasteiger partial charge in [-0.3, -0.25) is 9.59 Å². The Bertz CT molecular complexity index is 835. The van der Waals surface area contributed by atoms with E-state index in [1.54, 1.807) is 29.2 Å². The number of nitrogens with zero attached hydrogens (tertiary/aromatic N) is 1. The third kappa shape index (κ3) is 4.35. The highest BCUT2D eigenvalue weighted by Gasteiger charge is 2.26. The van der Waals surface area contributed by atoms with Crippen molar-refractivity contribution in [2.75, 3.05) is 18.0 Å². The second kappa shape index (κ2) is 8.80. The zero-order valence-corrected chi connectivity index (χ0v) is 15.6. The number of fused-ring (bicyclic) bond motifs is 1. The van der Waals surface area contributed by atoms with Gasteiger partial charge in [-0.25, -0.2) is 4.39 Å². The molecule has 5 heteroatoms. The third-order valence-electron chi connectivity index (χ3n) is 4.88. The Morgan fingerprint density at radius 3 is 2.74 bits per heavy atom. The van der Waals surface area contributed by atoms with Gasteiger partial charge in [-0.05, 0) is 55.2 Å². The molecule has 0 saturated heterocycles. The first-order valence-electron chi connectivity index (χ1n) is 9.59. The van der Waals surface area contributed by atoms with Crippen LogP contribution >= 0.6 is 0 Å². The maximum Gasteiger partial charge on any atom is 0.261 e. The maximum atomic E-state index is 14.0. The smallest absolute Gasteiger partial charge is 0.261 e. The number of carbonyl (C=O) groups excluding carboxylic acids is 2. The predicted molar refractivity (Wildman–Crippen MR) is 105 cm³/mol. The van der Waals surface area contributed by atoms with E-state index in [1.165, 1.54) is 12.1 Å². The van der Waals surface area contributed by atoms with Gasteiger partial charge in [0.2, 0.25) is 0 Å². The number of hydrogen-bond acceptors (Lipinski definition) is 2. The Balaban J connectivity index is 1.78. The second-order valence-electron chi connectivity index (χ2n) is 6.85. The van der Waals surface area contributed by atoms with Crippen molar-refractivity contribution in [2.24, 2.45) is 0 Å². The molecule has 142 valence electrons. The molecule has 27 heavy (non-hydrogen) atoms. The molecular formula is C22H25FN2O2.